The number of piperidine rings is 1. The predicted molar refractivity (Wildman–Crippen MR) is 131 cm³/mol. The topological polar surface area (TPSA) is 104 Å². The summed E-state index contributed by atoms with van der Waals surface area (Å²) in [7, 11) is 4.70. The van der Waals surface area contributed by atoms with Gasteiger partial charge in [0, 0.05) is 19.0 Å². The Morgan fingerprint density at radius 2 is 1.50 bits per heavy atom. The molecule has 0 bridgehead atoms. The number of esters is 1. The van der Waals surface area contributed by atoms with E-state index in [1.54, 1.807) is 31.3 Å². The van der Waals surface area contributed by atoms with Crippen molar-refractivity contribution in [3.05, 3.63) is 47.5 Å². The minimum atomic E-state index is -0.470. The number of aliphatic hydroxyl groups is 1. The molecule has 2 aromatic carbocycles. The van der Waals surface area contributed by atoms with E-state index in [2.05, 4.69) is 0 Å². The molecule has 9 heteroatoms. The Kier molecular flexibility index (Phi) is 8.20. The molecule has 0 aromatic heterocycles. The van der Waals surface area contributed by atoms with E-state index in [0.29, 0.717) is 68.4 Å². The molecule has 36 heavy (non-hydrogen) atoms. The SMILES string of the molecule is COc1ccc(CC2COC(=O)[C@@H]2Cc2ccc(OC(=O)N3CCC(O)CC3)c(OC)c2)cc1OC. The zero-order chi connectivity index (χ0) is 25.7. The number of carbonyl (C=O) groups excluding carboxylic acids is 2. The lowest BCUT2D eigenvalue weighted by atomic mass is 9.85. The summed E-state index contributed by atoms with van der Waals surface area (Å²) in [5.41, 5.74) is 1.92. The van der Waals surface area contributed by atoms with Crippen molar-refractivity contribution in [2.45, 2.75) is 31.8 Å². The lowest BCUT2D eigenvalue weighted by Gasteiger charge is -2.28. The molecule has 2 saturated heterocycles. The number of nitrogens with zero attached hydrogens (tertiary/aromatic N) is 1. The van der Waals surface area contributed by atoms with Gasteiger partial charge in [0.2, 0.25) is 0 Å². The number of hydrogen-bond acceptors (Lipinski definition) is 8. The molecule has 2 aromatic rings. The first-order chi connectivity index (χ1) is 17.4. The van der Waals surface area contributed by atoms with Crippen molar-refractivity contribution in [2.75, 3.05) is 41.0 Å². The predicted octanol–water partition coefficient (Wildman–Crippen LogP) is 3.24. The Morgan fingerprint density at radius 3 is 2.14 bits per heavy atom. The smallest absolute Gasteiger partial charge is 0.415 e. The number of likely N-dealkylation sites (tertiary alicyclic amines) is 1. The number of ether oxygens (including phenoxy) is 5. The van der Waals surface area contributed by atoms with Crippen molar-refractivity contribution >= 4 is 12.1 Å². The van der Waals surface area contributed by atoms with Crippen molar-refractivity contribution in [3.63, 3.8) is 0 Å². The Balaban J connectivity index is 1.43. The minimum Gasteiger partial charge on any atom is -0.493 e. The summed E-state index contributed by atoms with van der Waals surface area (Å²) < 4.78 is 27.2. The van der Waals surface area contributed by atoms with Crippen LogP contribution in [-0.2, 0) is 22.4 Å². The molecule has 9 nitrogen and oxygen atoms in total. The standard InChI is InChI=1S/C27H33NO8/c1-32-22-6-4-17(14-24(22)33-2)12-19-16-35-26(30)21(19)13-18-5-7-23(25(15-18)34-3)36-27(31)28-10-8-20(29)9-11-28/h4-7,14-15,19-21,29H,8-13,16H2,1-3H3/t19?,21-/m1/s1. The monoisotopic (exact) mass is 499 g/mol. The Labute approximate surface area is 210 Å². The minimum absolute atomic E-state index is 0.00792. The molecule has 4 rings (SSSR count). The average Bonchev–Trinajstić information content (AvgIpc) is 3.23. The molecule has 2 aliphatic rings. The zero-order valence-electron chi connectivity index (χ0n) is 20.9. The van der Waals surface area contributed by atoms with Gasteiger partial charge in [-0.05, 0) is 61.1 Å². The van der Waals surface area contributed by atoms with Gasteiger partial charge in [-0.25, -0.2) is 4.79 Å². The van der Waals surface area contributed by atoms with Crippen LogP contribution in [0.15, 0.2) is 36.4 Å². The Morgan fingerprint density at radius 1 is 0.917 bits per heavy atom. The number of amides is 1. The van der Waals surface area contributed by atoms with Crippen LogP contribution in [0.5, 0.6) is 23.0 Å². The van der Waals surface area contributed by atoms with Crippen LogP contribution in [0.2, 0.25) is 0 Å². The van der Waals surface area contributed by atoms with E-state index in [4.69, 9.17) is 23.7 Å². The second-order valence-electron chi connectivity index (χ2n) is 9.17. The van der Waals surface area contributed by atoms with Crippen LogP contribution in [0.3, 0.4) is 0 Å². The van der Waals surface area contributed by atoms with E-state index in [9.17, 15) is 14.7 Å². The van der Waals surface area contributed by atoms with Gasteiger partial charge in [-0.3, -0.25) is 4.79 Å². The number of hydrogen-bond donors (Lipinski definition) is 1. The van der Waals surface area contributed by atoms with Crippen molar-refractivity contribution in [1.29, 1.82) is 0 Å². The highest BCUT2D eigenvalue weighted by Gasteiger charge is 2.37. The van der Waals surface area contributed by atoms with E-state index >= 15 is 0 Å². The number of aliphatic hydroxyl groups excluding tert-OH is 1. The van der Waals surface area contributed by atoms with Gasteiger partial charge in [0.25, 0.3) is 0 Å². The molecular formula is C27H33NO8. The highest BCUT2D eigenvalue weighted by molar-refractivity contribution is 5.75. The molecule has 1 amide bonds. The van der Waals surface area contributed by atoms with Crippen molar-refractivity contribution in [3.8, 4) is 23.0 Å². The van der Waals surface area contributed by atoms with E-state index in [-0.39, 0.29) is 23.9 Å². The third-order valence-corrected chi connectivity index (χ3v) is 6.86. The molecule has 0 spiro atoms. The summed E-state index contributed by atoms with van der Waals surface area (Å²) in [6.45, 7) is 1.26. The van der Waals surface area contributed by atoms with E-state index < -0.39 is 6.09 Å². The highest BCUT2D eigenvalue weighted by Crippen LogP contribution is 2.35. The summed E-state index contributed by atoms with van der Waals surface area (Å²) in [5, 5.41) is 9.65. The number of carbonyl (C=O) groups is 2. The fourth-order valence-corrected chi connectivity index (χ4v) is 4.75. The van der Waals surface area contributed by atoms with Crippen molar-refractivity contribution < 1.29 is 38.4 Å². The van der Waals surface area contributed by atoms with Gasteiger partial charge in [0.1, 0.15) is 0 Å². The first-order valence-corrected chi connectivity index (χ1v) is 12.1. The maximum Gasteiger partial charge on any atom is 0.415 e. The largest absolute Gasteiger partial charge is 0.493 e. The fourth-order valence-electron chi connectivity index (χ4n) is 4.75. The highest BCUT2D eigenvalue weighted by atomic mass is 16.6. The van der Waals surface area contributed by atoms with Gasteiger partial charge in [-0.1, -0.05) is 12.1 Å². The molecular weight excluding hydrogens is 466 g/mol. The average molecular weight is 500 g/mol. The molecule has 2 atom stereocenters. The Bertz CT molecular complexity index is 1080. The number of cyclic esters (lactones) is 1. The molecule has 2 fully saturated rings. The molecule has 0 radical (unpaired) electrons. The summed E-state index contributed by atoms with van der Waals surface area (Å²) in [6, 6.07) is 11.1. The van der Waals surface area contributed by atoms with Gasteiger partial charge >= 0.3 is 12.1 Å². The summed E-state index contributed by atoms with van der Waals surface area (Å²) in [6.07, 6.45) is 1.36. The first kappa shape index (κ1) is 25.6. The van der Waals surface area contributed by atoms with Gasteiger partial charge < -0.3 is 33.7 Å². The quantitative estimate of drug-likeness (QED) is 0.552. The number of benzene rings is 2. The van der Waals surface area contributed by atoms with Gasteiger partial charge in [0.05, 0.1) is 40.0 Å². The van der Waals surface area contributed by atoms with Gasteiger partial charge in [0.15, 0.2) is 23.0 Å². The maximum absolute atomic E-state index is 12.6. The molecule has 2 heterocycles. The molecule has 0 aliphatic carbocycles. The molecule has 2 aliphatic heterocycles. The summed E-state index contributed by atoms with van der Waals surface area (Å²) in [5.74, 6) is 1.51. The maximum atomic E-state index is 12.6. The van der Waals surface area contributed by atoms with Crippen LogP contribution in [0.1, 0.15) is 24.0 Å². The first-order valence-electron chi connectivity index (χ1n) is 12.1. The van der Waals surface area contributed by atoms with Gasteiger partial charge in [-0.2, -0.15) is 0 Å². The van der Waals surface area contributed by atoms with Crippen LogP contribution in [0, 0.1) is 11.8 Å². The molecule has 0 saturated carbocycles. The summed E-state index contributed by atoms with van der Waals surface area (Å²) in [4.78, 5) is 26.7. The van der Waals surface area contributed by atoms with Gasteiger partial charge in [-0.15, -0.1) is 0 Å². The van der Waals surface area contributed by atoms with Crippen LogP contribution in [0.4, 0.5) is 4.79 Å². The second-order valence-corrected chi connectivity index (χ2v) is 9.17. The van der Waals surface area contributed by atoms with E-state index in [1.165, 1.54) is 7.11 Å². The number of methoxy groups -OCH3 is 3. The molecule has 1 N–H and O–H groups in total. The fraction of sp³-hybridized carbons (Fsp3) is 0.481. The third-order valence-electron chi connectivity index (χ3n) is 6.86. The zero-order valence-corrected chi connectivity index (χ0v) is 20.9. The van der Waals surface area contributed by atoms with Crippen LogP contribution < -0.4 is 18.9 Å². The lowest BCUT2D eigenvalue weighted by Crippen LogP contribution is -2.41. The van der Waals surface area contributed by atoms with Crippen molar-refractivity contribution in [1.82, 2.24) is 4.90 Å². The van der Waals surface area contributed by atoms with Crippen molar-refractivity contribution in [2.24, 2.45) is 11.8 Å². The third kappa shape index (κ3) is 5.84. The second kappa shape index (κ2) is 11.5. The summed E-state index contributed by atoms with van der Waals surface area (Å²) >= 11 is 0. The normalized spacial score (nSPS) is 20.1. The van der Waals surface area contributed by atoms with Crippen LogP contribution in [-0.4, -0.2) is 69.2 Å². The van der Waals surface area contributed by atoms with Crippen LogP contribution >= 0.6 is 0 Å². The number of rotatable bonds is 8. The van der Waals surface area contributed by atoms with E-state index in [1.807, 2.05) is 24.3 Å². The molecule has 194 valence electrons. The van der Waals surface area contributed by atoms with Crippen LogP contribution in [0.25, 0.3) is 0 Å². The molecule has 1 unspecified atom stereocenters. The lowest BCUT2D eigenvalue weighted by molar-refractivity contribution is -0.141. The Hall–Kier alpha value is -3.46. The van der Waals surface area contributed by atoms with E-state index in [0.717, 1.165) is 11.1 Å².